The van der Waals surface area contributed by atoms with Gasteiger partial charge in [0.1, 0.15) is 60.8 Å². The third-order valence-corrected chi connectivity index (χ3v) is 11.0. The lowest BCUT2D eigenvalue weighted by atomic mass is 9.89. The predicted octanol–water partition coefficient (Wildman–Crippen LogP) is 6.64. The van der Waals surface area contributed by atoms with E-state index in [2.05, 4.69) is 9.47 Å². The largest absolute Gasteiger partial charge is 0.508 e. The van der Waals surface area contributed by atoms with Crippen molar-refractivity contribution in [2.75, 3.05) is 34.0 Å². The van der Waals surface area contributed by atoms with Crippen molar-refractivity contribution in [3.63, 3.8) is 0 Å². The Morgan fingerprint density at radius 1 is 0.656 bits per heavy atom. The zero-order valence-corrected chi connectivity index (χ0v) is 34.6. The molecule has 332 valence electrons. The lowest BCUT2D eigenvalue weighted by Gasteiger charge is -2.42. The summed E-state index contributed by atoms with van der Waals surface area (Å²) in [5.74, 6) is -6.21. The van der Waals surface area contributed by atoms with E-state index in [9.17, 15) is 47.9 Å². The Hall–Kier alpha value is -4.23. The number of carbonyl (C=O) groups excluding carboxylic acids is 1. The highest BCUT2D eigenvalue weighted by Crippen LogP contribution is 2.43. The molecule has 8 unspecified atom stereocenters. The number of aliphatic hydroxyl groups excluding tert-OH is 5. The normalized spacial score (nSPS) is 25.4. The first kappa shape index (κ1) is 47.8. The van der Waals surface area contributed by atoms with Crippen LogP contribution in [0.5, 0.6) is 11.5 Å². The summed E-state index contributed by atoms with van der Waals surface area (Å²) in [7, 11) is 3.14. The molecule has 0 bridgehead atoms. The molecule has 4 aromatic rings. The highest BCUT2D eigenvalue weighted by Gasteiger charge is 2.59. The third kappa shape index (κ3) is 11.2. The van der Waals surface area contributed by atoms with E-state index in [1.54, 1.807) is 56.7 Å². The number of alkyl halides is 4. The van der Waals surface area contributed by atoms with Gasteiger partial charge in [0.2, 0.25) is 0 Å². The highest BCUT2D eigenvalue weighted by atomic mass is 35.5. The minimum absolute atomic E-state index is 0.00641. The Labute approximate surface area is 359 Å². The molecule has 0 radical (unpaired) electrons. The molecule has 0 aliphatic carbocycles. The second-order valence-corrected chi connectivity index (χ2v) is 15.1. The lowest BCUT2D eigenvalue weighted by Crippen LogP contribution is -2.60. The van der Waals surface area contributed by atoms with Crippen molar-refractivity contribution in [3.8, 4) is 11.5 Å². The van der Waals surface area contributed by atoms with Crippen molar-refractivity contribution < 1.29 is 76.3 Å². The summed E-state index contributed by atoms with van der Waals surface area (Å²) in [6.45, 7) is -0.308. The van der Waals surface area contributed by atoms with Gasteiger partial charge in [-0.05, 0) is 89.5 Å². The molecule has 61 heavy (non-hydrogen) atoms. The molecule has 4 aromatic carbocycles. The molecule has 2 fully saturated rings. The molecule has 8 atom stereocenters. The summed E-state index contributed by atoms with van der Waals surface area (Å²) < 4.78 is 87.2. The van der Waals surface area contributed by atoms with E-state index in [0.717, 1.165) is 11.1 Å². The monoisotopic (exact) mass is 900 g/mol. The van der Waals surface area contributed by atoms with Gasteiger partial charge < -0.3 is 54.0 Å². The van der Waals surface area contributed by atoms with Gasteiger partial charge in [0.25, 0.3) is 0 Å². The van der Waals surface area contributed by atoms with Gasteiger partial charge in [0, 0.05) is 10.0 Å². The Balaban J connectivity index is 0.000000234. The van der Waals surface area contributed by atoms with Gasteiger partial charge >= 0.3 is 18.0 Å². The van der Waals surface area contributed by atoms with Crippen molar-refractivity contribution >= 4 is 29.4 Å². The van der Waals surface area contributed by atoms with Crippen molar-refractivity contribution in [3.05, 3.63) is 128 Å². The van der Waals surface area contributed by atoms with Crippen LogP contribution < -0.4 is 9.47 Å². The number of carbonyl (C=O) groups is 1. The topological polar surface area (TPSA) is 174 Å². The second-order valence-electron chi connectivity index (χ2n) is 14.2. The van der Waals surface area contributed by atoms with E-state index in [1.807, 2.05) is 36.4 Å². The van der Waals surface area contributed by atoms with Crippen LogP contribution in [0.15, 0.2) is 84.9 Å². The number of ether oxygens (including phenoxy) is 6. The van der Waals surface area contributed by atoms with Gasteiger partial charge in [0.05, 0.1) is 27.4 Å². The van der Waals surface area contributed by atoms with Gasteiger partial charge in [-0.2, -0.15) is 0 Å². The van der Waals surface area contributed by atoms with Crippen LogP contribution in [0.1, 0.15) is 52.5 Å². The Morgan fingerprint density at radius 3 is 1.46 bits per heavy atom. The zero-order chi connectivity index (χ0) is 44.6. The van der Waals surface area contributed by atoms with Crippen LogP contribution in [-0.2, 0) is 31.8 Å². The van der Waals surface area contributed by atoms with E-state index >= 15 is 0 Å². The van der Waals surface area contributed by atoms with Crippen LogP contribution in [-0.4, -0.2) is 114 Å². The lowest BCUT2D eigenvalue weighted by molar-refractivity contribution is -0.296. The van der Waals surface area contributed by atoms with Crippen LogP contribution in [0.25, 0.3) is 0 Å². The average Bonchev–Trinajstić information content (AvgIpc) is 3.24. The summed E-state index contributed by atoms with van der Waals surface area (Å²) in [6.07, 6.45) is -15.3. The van der Waals surface area contributed by atoms with E-state index in [4.69, 9.17) is 42.1 Å². The Morgan fingerprint density at radius 2 is 1.07 bits per heavy atom. The van der Waals surface area contributed by atoms with Gasteiger partial charge in [0.15, 0.2) is 6.10 Å². The van der Waals surface area contributed by atoms with Crippen molar-refractivity contribution in [1.29, 1.82) is 0 Å². The average molecular weight is 902 g/mol. The molecule has 0 aromatic heterocycles. The quantitative estimate of drug-likeness (QED) is 0.0760. The van der Waals surface area contributed by atoms with Crippen LogP contribution >= 0.6 is 23.2 Å². The summed E-state index contributed by atoms with van der Waals surface area (Å²) in [5.41, 5.74) is 3.96. The van der Waals surface area contributed by atoms with Crippen LogP contribution in [0.3, 0.4) is 0 Å². The molecule has 2 saturated heterocycles. The molecule has 12 nitrogen and oxygen atoms in total. The van der Waals surface area contributed by atoms with Crippen molar-refractivity contribution in [2.24, 2.45) is 0 Å². The van der Waals surface area contributed by atoms with E-state index < -0.39 is 80.0 Å². The van der Waals surface area contributed by atoms with Crippen LogP contribution in [0.2, 0.25) is 10.0 Å². The molecular formula is C43H46Cl2F4O12. The van der Waals surface area contributed by atoms with Gasteiger partial charge in [-0.15, -0.1) is 0 Å². The molecule has 0 spiro atoms. The molecule has 0 saturated carbocycles. The highest BCUT2D eigenvalue weighted by molar-refractivity contribution is 6.31. The first-order valence-electron chi connectivity index (χ1n) is 19.0. The zero-order valence-electron chi connectivity index (χ0n) is 33.1. The van der Waals surface area contributed by atoms with Crippen molar-refractivity contribution in [2.45, 2.75) is 80.4 Å². The number of benzene rings is 4. The fourth-order valence-electron chi connectivity index (χ4n) is 6.77. The number of hydrogen-bond donors (Lipinski definition) is 5. The number of aliphatic hydroxyl groups is 5. The first-order valence-corrected chi connectivity index (χ1v) is 19.7. The van der Waals surface area contributed by atoms with Gasteiger partial charge in [-0.25, -0.2) is 22.4 Å². The van der Waals surface area contributed by atoms with E-state index in [1.165, 1.54) is 13.0 Å². The third-order valence-electron chi connectivity index (χ3n) is 10.2. The summed E-state index contributed by atoms with van der Waals surface area (Å²) in [4.78, 5) is 11.4. The van der Waals surface area contributed by atoms with Crippen LogP contribution in [0.4, 0.5) is 22.4 Å². The summed E-state index contributed by atoms with van der Waals surface area (Å²) in [5, 5.41) is 50.6. The molecule has 2 aliphatic heterocycles. The van der Waals surface area contributed by atoms with Gasteiger partial charge in [-0.1, -0.05) is 71.7 Å². The molecule has 6 rings (SSSR count). The fraction of sp³-hybridized carbons (Fsp3) is 0.419. The molecule has 2 aliphatic rings. The molecule has 5 N–H and O–H groups in total. The maximum absolute atomic E-state index is 14.5. The standard InChI is InChI=1S/C23H25ClF2O7.C20H21ClF2O5/c1-3-31-22(29)32-12-18-23(25,26)21(28)19(27)20(33-18)14-6-9-17(24)15(11-14)10-13-4-7-16(30-2)8-5-13;1-27-14-5-2-11(3-6-14)8-13-9-12(4-7-15(13)21)18-17(25)19(26)20(22,23)16(10-24)28-18/h4-9,11,18-21,27-28H,3,10,12H2,1-2H3;2-7,9,16-19,24-26H,8,10H2,1H3. The molecule has 2 heterocycles. The Kier molecular flexibility index (Phi) is 16.3. The smallest absolute Gasteiger partial charge is 0.497 e. The molecule has 0 amide bonds. The number of halogens is 6. The van der Waals surface area contributed by atoms with E-state index in [-0.39, 0.29) is 6.61 Å². The Bertz CT molecular complexity index is 2060. The molecular weight excluding hydrogens is 855 g/mol. The predicted molar refractivity (Wildman–Crippen MR) is 214 cm³/mol. The van der Waals surface area contributed by atoms with Crippen molar-refractivity contribution in [1.82, 2.24) is 0 Å². The number of methoxy groups -OCH3 is 2. The minimum atomic E-state index is -3.86. The summed E-state index contributed by atoms with van der Waals surface area (Å²) in [6, 6.07) is 24.2. The van der Waals surface area contributed by atoms with E-state index in [0.29, 0.717) is 56.6 Å². The van der Waals surface area contributed by atoms with Crippen LogP contribution in [0, 0.1) is 0 Å². The maximum Gasteiger partial charge on any atom is 0.508 e. The first-order chi connectivity index (χ1) is 28.9. The number of hydrogen-bond acceptors (Lipinski definition) is 12. The minimum Gasteiger partial charge on any atom is -0.497 e. The fourth-order valence-corrected chi connectivity index (χ4v) is 7.14. The SMILES string of the molecule is CCOC(=O)OCC1OC(c2ccc(Cl)c(Cc3ccc(OC)cc3)c2)C(O)C(O)C1(F)F.COc1ccc(Cc2cc(C3OC(CO)C(F)(F)C(O)C3O)ccc2Cl)cc1. The number of rotatable bonds is 12. The maximum atomic E-state index is 14.5. The van der Waals surface area contributed by atoms with Gasteiger partial charge in [-0.3, -0.25) is 0 Å². The summed E-state index contributed by atoms with van der Waals surface area (Å²) >= 11 is 12.6. The second kappa shape index (κ2) is 20.8. The molecule has 18 heteroatoms.